The number of amides is 1. The number of nitrogens with one attached hydrogen (secondary N) is 1. The molecule has 6 nitrogen and oxygen atoms in total. The number of hydrogen-bond donors (Lipinski definition) is 1. The second kappa shape index (κ2) is 8.79. The second-order valence-corrected chi connectivity index (χ2v) is 7.66. The highest BCUT2D eigenvalue weighted by atomic mass is 35.5. The highest BCUT2D eigenvalue weighted by Gasteiger charge is 2.19. The Hall–Kier alpha value is -3.35. The predicted molar refractivity (Wildman–Crippen MR) is 122 cm³/mol. The van der Waals surface area contributed by atoms with E-state index in [0.29, 0.717) is 27.3 Å². The van der Waals surface area contributed by atoms with Crippen molar-refractivity contribution >= 4 is 34.8 Å². The van der Waals surface area contributed by atoms with Gasteiger partial charge in [-0.25, -0.2) is 9.67 Å². The van der Waals surface area contributed by atoms with Crippen molar-refractivity contribution in [1.82, 2.24) is 14.8 Å². The van der Waals surface area contributed by atoms with Crippen LogP contribution in [0.1, 0.15) is 16.2 Å². The van der Waals surface area contributed by atoms with Crippen LogP contribution >= 0.6 is 23.2 Å². The molecule has 8 heteroatoms. The molecule has 0 saturated heterocycles. The van der Waals surface area contributed by atoms with E-state index in [-0.39, 0.29) is 5.82 Å². The van der Waals surface area contributed by atoms with E-state index < -0.39 is 5.91 Å². The molecule has 4 rings (SSSR count). The maximum atomic E-state index is 12.9. The van der Waals surface area contributed by atoms with Crippen LogP contribution in [0.4, 0.5) is 5.69 Å². The minimum absolute atomic E-state index is 0.0279. The number of halogens is 2. The molecule has 0 unspecified atom stereocenters. The number of aromatic nitrogens is 3. The number of benzene rings is 3. The third kappa shape index (κ3) is 4.55. The van der Waals surface area contributed by atoms with Gasteiger partial charge in [-0.05, 0) is 73.2 Å². The summed E-state index contributed by atoms with van der Waals surface area (Å²) < 4.78 is 6.84. The maximum Gasteiger partial charge on any atom is 0.295 e. The molecule has 3 aromatic carbocycles. The van der Waals surface area contributed by atoms with Gasteiger partial charge in [0, 0.05) is 21.3 Å². The van der Waals surface area contributed by atoms with Gasteiger partial charge in [0.2, 0.25) is 5.82 Å². The quantitative estimate of drug-likeness (QED) is 0.414. The Morgan fingerprint density at radius 1 is 0.968 bits per heavy atom. The number of rotatable bonds is 5. The van der Waals surface area contributed by atoms with Gasteiger partial charge in [-0.3, -0.25) is 4.79 Å². The molecule has 0 aliphatic carbocycles. The van der Waals surface area contributed by atoms with E-state index >= 15 is 0 Å². The molecular weight excluding hydrogens is 435 g/mol. The van der Waals surface area contributed by atoms with E-state index in [2.05, 4.69) is 15.4 Å². The zero-order valence-electron chi connectivity index (χ0n) is 16.8. The van der Waals surface area contributed by atoms with E-state index in [9.17, 15) is 4.79 Å². The largest absolute Gasteiger partial charge is 0.497 e. The molecule has 0 aliphatic heterocycles. The lowest BCUT2D eigenvalue weighted by atomic mass is 10.2. The first-order valence-electron chi connectivity index (χ1n) is 9.39. The topological polar surface area (TPSA) is 69.0 Å². The molecule has 1 aromatic heterocycles. The van der Waals surface area contributed by atoms with Crippen molar-refractivity contribution in [2.75, 3.05) is 12.4 Å². The Balaban J connectivity index is 1.75. The van der Waals surface area contributed by atoms with Crippen LogP contribution in [0.5, 0.6) is 5.75 Å². The van der Waals surface area contributed by atoms with Crippen LogP contribution in [-0.2, 0) is 0 Å². The number of anilines is 1. The van der Waals surface area contributed by atoms with Crippen LogP contribution < -0.4 is 10.1 Å². The highest BCUT2D eigenvalue weighted by Crippen LogP contribution is 2.25. The lowest BCUT2D eigenvalue weighted by molar-refractivity contribution is 0.101. The minimum Gasteiger partial charge on any atom is -0.497 e. The number of carbonyl (C=O) groups excluding carboxylic acids is 1. The summed E-state index contributed by atoms with van der Waals surface area (Å²) in [6, 6.07) is 19.8. The molecule has 4 aromatic rings. The van der Waals surface area contributed by atoms with Gasteiger partial charge in [-0.2, -0.15) is 0 Å². The average Bonchev–Trinajstić information content (AvgIpc) is 3.22. The highest BCUT2D eigenvalue weighted by molar-refractivity contribution is 6.31. The van der Waals surface area contributed by atoms with Crippen molar-refractivity contribution in [3.8, 4) is 22.8 Å². The van der Waals surface area contributed by atoms with Crippen molar-refractivity contribution in [3.05, 3.63) is 88.2 Å². The third-order valence-electron chi connectivity index (χ3n) is 4.68. The lowest BCUT2D eigenvalue weighted by Crippen LogP contribution is -2.15. The van der Waals surface area contributed by atoms with Gasteiger partial charge >= 0.3 is 0 Å². The van der Waals surface area contributed by atoms with Gasteiger partial charge in [0.15, 0.2) is 5.82 Å². The third-order valence-corrected chi connectivity index (χ3v) is 5.16. The van der Waals surface area contributed by atoms with Crippen LogP contribution in [0.3, 0.4) is 0 Å². The standard InChI is InChI=1S/C23H18Cl2N4O2/c1-14-3-6-17(25)13-20(14)26-23(30)21-27-22(15-4-7-16(24)8-5-15)29(28-21)18-9-11-19(31-2)12-10-18/h3-13H,1-2H3,(H,26,30). The summed E-state index contributed by atoms with van der Waals surface area (Å²) in [7, 11) is 1.60. The van der Waals surface area contributed by atoms with Gasteiger partial charge in [0.25, 0.3) is 5.91 Å². The molecule has 0 saturated carbocycles. The Labute approximate surface area is 189 Å². The first kappa shape index (κ1) is 20.9. The Morgan fingerprint density at radius 2 is 1.65 bits per heavy atom. The van der Waals surface area contributed by atoms with Crippen molar-refractivity contribution in [3.63, 3.8) is 0 Å². The zero-order valence-corrected chi connectivity index (χ0v) is 18.3. The molecule has 31 heavy (non-hydrogen) atoms. The van der Waals surface area contributed by atoms with Gasteiger partial charge in [-0.1, -0.05) is 29.3 Å². The Bertz CT molecular complexity index is 1240. The second-order valence-electron chi connectivity index (χ2n) is 6.79. The Kier molecular flexibility index (Phi) is 5.93. The smallest absolute Gasteiger partial charge is 0.295 e. The molecule has 0 radical (unpaired) electrons. The molecule has 0 aliphatic rings. The summed E-state index contributed by atoms with van der Waals surface area (Å²) in [6.07, 6.45) is 0. The predicted octanol–water partition coefficient (Wildman–Crippen LogP) is 5.81. The van der Waals surface area contributed by atoms with Crippen LogP contribution in [0, 0.1) is 6.92 Å². The van der Waals surface area contributed by atoms with E-state index in [1.54, 1.807) is 36.1 Å². The number of ether oxygens (including phenoxy) is 1. The van der Waals surface area contributed by atoms with E-state index in [0.717, 1.165) is 16.8 Å². The summed E-state index contributed by atoms with van der Waals surface area (Å²) in [5.74, 6) is 0.814. The van der Waals surface area contributed by atoms with Crippen molar-refractivity contribution < 1.29 is 9.53 Å². The van der Waals surface area contributed by atoms with Crippen LogP contribution in [0.25, 0.3) is 17.1 Å². The van der Waals surface area contributed by atoms with Crippen molar-refractivity contribution in [2.24, 2.45) is 0 Å². The summed E-state index contributed by atoms with van der Waals surface area (Å²) in [5, 5.41) is 8.44. The summed E-state index contributed by atoms with van der Waals surface area (Å²) in [4.78, 5) is 17.4. The van der Waals surface area contributed by atoms with Crippen LogP contribution in [0.15, 0.2) is 66.7 Å². The molecular formula is C23H18Cl2N4O2. The molecule has 1 amide bonds. The van der Waals surface area contributed by atoms with Gasteiger partial charge in [0.05, 0.1) is 12.8 Å². The number of carbonyl (C=O) groups is 1. The first-order valence-corrected chi connectivity index (χ1v) is 10.1. The molecule has 0 atom stereocenters. The number of aryl methyl sites for hydroxylation is 1. The molecule has 1 heterocycles. The molecule has 0 fully saturated rings. The van der Waals surface area contributed by atoms with Crippen molar-refractivity contribution in [2.45, 2.75) is 6.92 Å². The van der Waals surface area contributed by atoms with Crippen molar-refractivity contribution in [1.29, 1.82) is 0 Å². The summed E-state index contributed by atoms with van der Waals surface area (Å²) in [6.45, 7) is 1.88. The fourth-order valence-corrected chi connectivity index (χ4v) is 3.30. The van der Waals surface area contributed by atoms with Crippen LogP contribution in [0.2, 0.25) is 10.0 Å². The van der Waals surface area contributed by atoms with E-state index in [4.69, 9.17) is 27.9 Å². The molecule has 0 bridgehead atoms. The van der Waals surface area contributed by atoms with Gasteiger partial charge < -0.3 is 10.1 Å². The zero-order chi connectivity index (χ0) is 22.0. The number of methoxy groups -OCH3 is 1. The van der Waals surface area contributed by atoms with Gasteiger partial charge in [-0.15, -0.1) is 5.10 Å². The van der Waals surface area contributed by atoms with E-state index in [1.807, 2.05) is 49.4 Å². The summed E-state index contributed by atoms with van der Waals surface area (Å²) in [5.41, 5.74) is 2.98. The van der Waals surface area contributed by atoms with Gasteiger partial charge in [0.1, 0.15) is 5.75 Å². The first-order chi connectivity index (χ1) is 14.9. The fraction of sp³-hybridized carbons (Fsp3) is 0.0870. The lowest BCUT2D eigenvalue weighted by Gasteiger charge is -2.07. The molecule has 0 spiro atoms. The molecule has 1 N–H and O–H groups in total. The van der Waals surface area contributed by atoms with E-state index in [1.165, 1.54) is 0 Å². The number of hydrogen-bond acceptors (Lipinski definition) is 4. The summed E-state index contributed by atoms with van der Waals surface area (Å²) >= 11 is 12.1. The number of nitrogens with zero attached hydrogens (tertiary/aromatic N) is 3. The average molecular weight is 453 g/mol. The monoisotopic (exact) mass is 452 g/mol. The normalized spacial score (nSPS) is 10.7. The Morgan fingerprint density at radius 3 is 2.32 bits per heavy atom. The fourth-order valence-electron chi connectivity index (χ4n) is 3.00. The molecule has 156 valence electrons. The minimum atomic E-state index is -0.437. The maximum absolute atomic E-state index is 12.9. The van der Waals surface area contributed by atoms with Crippen LogP contribution in [-0.4, -0.2) is 27.8 Å². The SMILES string of the molecule is COc1ccc(-n2nc(C(=O)Nc3cc(Cl)ccc3C)nc2-c2ccc(Cl)cc2)cc1.